The highest BCUT2D eigenvalue weighted by Gasteiger charge is 2.25. The highest BCUT2D eigenvalue weighted by molar-refractivity contribution is 6.31. The van der Waals surface area contributed by atoms with E-state index < -0.39 is 0 Å². The first kappa shape index (κ1) is 14.1. The molecule has 0 aliphatic carbocycles. The zero-order chi connectivity index (χ0) is 13.8. The Morgan fingerprint density at radius 1 is 1.58 bits per heavy atom. The van der Waals surface area contributed by atoms with Crippen LogP contribution in [0.1, 0.15) is 12.8 Å². The number of hydrogen-bond acceptors (Lipinski definition) is 4. The number of nitrogens with zero attached hydrogens (tertiary/aromatic N) is 2. The molecule has 1 unspecified atom stereocenters. The van der Waals surface area contributed by atoms with Crippen LogP contribution < -0.4 is 10.2 Å². The van der Waals surface area contributed by atoms with Gasteiger partial charge in [-0.15, -0.1) is 0 Å². The Kier molecular flexibility index (Phi) is 4.61. The molecule has 5 nitrogen and oxygen atoms in total. The zero-order valence-corrected chi connectivity index (χ0v) is 11.7. The van der Waals surface area contributed by atoms with Crippen molar-refractivity contribution in [3.63, 3.8) is 0 Å². The second-order valence-electron chi connectivity index (χ2n) is 4.90. The van der Waals surface area contributed by atoms with Crippen molar-refractivity contribution in [2.45, 2.75) is 12.8 Å². The number of halogens is 1. The number of rotatable bonds is 4. The molecule has 1 aromatic rings. The van der Waals surface area contributed by atoms with Crippen LogP contribution in [0.5, 0.6) is 0 Å². The van der Waals surface area contributed by atoms with E-state index in [-0.39, 0.29) is 10.6 Å². The van der Waals surface area contributed by atoms with E-state index in [1.165, 1.54) is 6.07 Å². The van der Waals surface area contributed by atoms with Crippen LogP contribution in [-0.2, 0) is 0 Å². The molecule has 104 valence electrons. The molecule has 0 amide bonds. The normalized spacial score (nSPS) is 19.5. The highest BCUT2D eigenvalue weighted by atomic mass is 35.5. The summed E-state index contributed by atoms with van der Waals surface area (Å²) in [4.78, 5) is 12.8. The van der Waals surface area contributed by atoms with Gasteiger partial charge in [-0.3, -0.25) is 10.1 Å². The minimum Gasteiger partial charge on any atom is -0.366 e. The molecular weight excluding hydrogens is 266 g/mol. The molecule has 1 aliphatic rings. The Bertz CT molecular complexity index is 465. The SMILES string of the molecule is CNCC1CCCN(c2cc(Cl)ccc2[N+](=O)[O-])C1. The first-order chi connectivity index (χ1) is 9.11. The van der Waals surface area contributed by atoms with Gasteiger partial charge in [0.15, 0.2) is 0 Å². The van der Waals surface area contributed by atoms with Crippen LogP contribution in [-0.4, -0.2) is 31.6 Å². The van der Waals surface area contributed by atoms with Crippen LogP contribution in [0.4, 0.5) is 11.4 Å². The predicted octanol–water partition coefficient (Wildman–Crippen LogP) is 2.68. The van der Waals surface area contributed by atoms with Gasteiger partial charge in [-0.2, -0.15) is 0 Å². The minimum atomic E-state index is -0.340. The third-order valence-corrected chi connectivity index (χ3v) is 3.72. The fourth-order valence-corrected chi connectivity index (χ4v) is 2.81. The highest BCUT2D eigenvalue weighted by Crippen LogP contribution is 2.33. The molecule has 1 fully saturated rings. The second kappa shape index (κ2) is 6.21. The number of nitro benzene ring substituents is 1. The topological polar surface area (TPSA) is 58.4 Å². The summed E-state index contributed by atoms with van der Waals surface area (Å²) in [7, 11) is 1.93. The van der Waals surface area contributed by atoms with Gasteiger partial charge in [0.2, 0.25) is 0 Å². The Morgan fingerprint density at radius 2 is 2.37 bits per heavy atom. The van der Waals surface area contributed by atoms with Gasteiger partial charge in [0.05, 0.1) is 4.92 Å². The van der Waals surface area contributed by atoms with E-state index in [2.05, 4.69) is 10.2 Å². The molecule has 0 aromatic heterocycles. The summed E-state index contributed by atoms with van der Waals surface area (Å²) in [6, 6.07) is 4.75. The number of anilines is 1. The van der Waals surface area contributed by atoms with Crippen molar-refractivity contribution in [2.24, 2.45) is 5.92 Å². The van der Waals surface area contributed by atoms with Gasteiger partial charge < -0.3 is 10.2 Å². The van der Waals surface area contributed by atoms with Crippen molar-refractivity contribution in [1.29, 1.82) is 0 Å². The first-order valence-corrected chi connectivity index (χ1v) is 6.83. The van der Waals surface area contributed by atoms with Gasteiger partial charge in [0.25, 0.3) is 5.69 Å². The average molecular weight is 284 g/mol. The second-order valence-corrected chi connectivity index (χ2v) is 5.34. The molecular formula is C13H18ClN3O2. The van der Waals surface area contributed by atoms with E-state index in [9.17, 15) is 10.1 Å². The molecule has 0 saturated carbocycles. The molecule has 6 heteroatoms. The molecule has 1 saturated heterocycles. The van der Waals surface area contributed by atoms with Crippen LogP contribution in [0.25, 0.3) is 0 Å². The molecule has 0 bridgehead atoms. The lowest BCUT2D eigenvalue weighted by Crippen LogP contribution is -2.39. The number of hydrogen-bond donors (Lipinski definition) is 1. The van der Waals surface area contributed by atoms with Crippen molar-refractivity contribution in [3.05, 3.63) is 33.3 Å². The Balaban J connectivity index is 2.24. The maximum absolute atomic E-state index is 11.1. The quantitative estimate of drug-likeness (QED) is 0.682. The van der Waals surface area contributed by atoms with Crippen LogP contribution in [0.3, 0.4) is 0 Å². The van der Waals surface area contributed by atoms with Crippen molar-refractivity contribution in [3.8, 4) is 0 Å². The monoisotopic (exact) mass is 283 g/mol. The lowest BCUT2D eigenvalue weighted by molar-refractivity contribution is -0.384. The van der Waals surface area contributed by atoms with Crippen LogP contribution >= 0.6 is 11.6 Å². The molecule has 19 heavy (non-hydrogen) atoms. The van der Waals surface area contributed by atoms with Gasteiger partial charge in [-0.05, 0) is 44.5 Å². The van der Waals surface area contributed by atoms with Gasteiger partial charge >= 0.3 is 0 Å². The van der Waals surface area contributed by atoms with Gasteiger partial charge in [0.1, 0.15) is 5.69 Å². The van der Waals surface area contributed by atoms with Crippen molar-refractivity contribution >= 4 is 23.0 Å². The Hall–Kier alpha value is -1.33. The Labute approximate surface area is 117 Å². The zero-order valence-electron chi connectivity index (χ0n) is 10.9. The summed E-state index contributed by atoms with van der Waals surface area (Å²) in [5.74, 6) is 0.525. The van der Waals surface area contributed by atoms with Crippen molar-refractivity contribution in [1.82, 2.24) is 5.32 Å². The van der Waals surface area contributed by atoms with E-state index in [4.69, 9.17) is 11.6 Å². The maximum Gasteiger partial charge on any atom is 0.292 e. The fraction of sp³-hybridized carbons (Fsp3) is 0.538. The van der Waals surface area contributed by atoms with E-state index in [0.717, 1.165) is 32.5 Å². The summed E-state index contributed by atoms with van der Waals surface area (Å²) < 4.78 is 0. The van der Waals surface area contributed by atoms with Crippen molar-refractivity contribution in [2.75, 3.05) is 31.6 Å². The summed E-state index contributed by atoms with van der Waals surface area (Å²) >= 11 is 5.98. The fourth-order valence-electron chi connectivity index (χ4n) is 2.64. The number of piperidine rings is 1. The van der Waals surface area contributed by atoms with E-state index in [1.807, 2.05) is 7.05 Å². The predicted molar refractivity (Wildman–Crippen MR) is 77.0 cm³/mol. The molecule has 1 N–H and O–H groups in total. The molecule has 1 heterocycles. The van der Waals surface area contributed by atoms with Crippen molar-refractivity contribution < 1.29 is 4.92 Å². The standard InChI is InChI=1S/C13H18ClN3O2/c1-15-8-10-3-2-6-16(9-10)13-7-11(14)4-5-12(13)17(18)19/h4-5,7,10,15H,2-3,6,8-9H2,1H3. The smallest absolute Gasteiger partial charge is 0.292 e. The van der Waals surface area contributed by atoms with Crippen LogP contribution in [0.15, 0.2) is 18.2 Å². The summed E-state index contributed by atoms with van der Waals surface area (Å²) in [6.07, 6.45) is 2.21. The molecule has 1 atom stereocenters. The lowest BCUT2D eigenvalue weighted by Gasteiger charge is -2.34. The molecule has 1 aromatic carbocycles. The number of benzene rings is 1. The van der Waals surface area contributed by atoms with Gasteiger partial charge in [-0.25, -0.2) is 0 Å². The van der Waals surface area contributed by atoms with Crippen LogP contribution in [0.2, 0.25) is 5.02 Å². The third-order valence-electron chi connectivity index (χ3n) is 3.49. The summed E-state index contributed by atoms with van der Waals surface area (Å²) in [5.41, 5.74) is 0.771. The van der Waals surface area contributed by atoms with E-state index >= 15 is 0 Å². The average Bonchev–Trinajstić information content (AvgIpc) is 2.39. The van der Waals surface area contributed by atoms with E-state index in [1.54, 1.807) is 12.1 Å². The first-order valence-electron chi connectivity index (χ1n) is 6.45. The minimum absolute atomic E-state index is 0.134. The lowest BCUT2D eigenvalue weighted by atomic mass is 9.97. The molecule has 0 radical (unpaired) electrons. The van der Waals surface area contributed by atoms with Gasteiger partial charge in [0, 0.05) is 24.2 Å². The molecule has 0 spiro atoms. The van der Waals surface area contributed by atoms with Crippen LogP contribution in [0, 0.1) is 16.0 Å². The van der Waals surface area contributed by atoms with E-state index in [0.29, 0.717) is 16.6 Å². The third kappa shape index (κ3) is 3.36. The number of nitro groups is 1. The summed E-state index contributed by atoms with van der Waals surface area (Å²) in [6.45, 7) is 2.62. The Morgan fingerprint density at radius 3 is 3.05 bits per heavy atom. The molecule has 2 rings (SSSR count). The van der Waals surface area contributed by atoms with Gasteiger partial charge in [-0.1, -0.05) is 11.6 Å². The number of nitrogens with one attached hydrogen (secondary N) is 1. The maximum atomic E-state index is 11.1. The largest absolute Gasteiger partial charge is 0.366 e. The molecule has 1 aliphatic heterocycles. The summed E-state index contributed by atoms with van der Waals surface area (Å²) in [5, 5.41) is 14.8.